The lowest BCUT2D eigenvalue weighted by Crippen LogP contribution is -2.17. The molecule has 0 spiro atoms. The fraction of sp³-hybridized carbons (Fsp3) is 0.167. The molecular formula is C12H8Br2N2OS. The summed E-state index contributed by atoms with van der Waals surface area (Å²) in [5.74, 6) is 2.41. The SMILES string of the molecule is Brc1cc(Br)nc(C2CSc3ccccc3O2)n1. The zero-order valence-corrected chi connectivity index (χ0v) is 13.1. The summed E-state index contributed by atoms with van der Waals surface area (Å²) >= 11 is 8.50. The van der Waals surface area contributed by atoms with Crippen LogP contribution in [-0.2, 0) is 0 Å². The Morgan fingerprint density at radius 2 is 1.89 bits per heavy atom. The monoisotopic (exact) mass is 386 g/mol. The molecule has 2 heterocycles. The molecule has 0 aliphatic carbocycles. The van der Waals surface area contributed by atoms with Crippen molar-refractivity contribution in [2.75, 3.05) is 5.75 Å². The predicted molar refractivity (Wildman–Crippen MR) is 78.0 cm³/mol. The zero-order chi connectivity index (χ0) is 12.5. The van der Waals surface area contributed by atoms with Crippen molar-refractivity contribution in [3.8, 4) is 5.75 Å². The third-order valence-electron chi connectivity index (χ3n) is 2.48. The number of halogens is 2. The molecule has 0 radical (unpaired) electrons. The maximum atomic E-state index is 5.94. The largest absolute Gasteiger partial charge is 0.480 e. The second kappa shape index (κ2) is 5.19. The molecule has 1 aliphatic heterocycles. The normalized spacial score (nSPS) is 18.0. The number of thioether (sulfide) groups is 1. The van der Waals surface area contributed by atoms with Crippen LogP contribution in [0.5, 0.6) is 5.75 Å². The van der Waals surface area contributed by atoms with E-state index in [1.54, 1.807) is 11.8 Å². The van der Waals surface area contributed by atoms with Crippen LogP contribution < -0.4 is 4.74 Å². The number of rotatable bonds is 1. The highest BCUT2D eigenvalue weighted by molar-refractivity contribution is 9.11. The van der Waals surface area contributed by atoms with Gasteiger partial charge in [-0.3, -0.25) is 0 Å². The standard InChI is InChI=1S/C12H8Br2N2OS/c13-10-5-11(14)16-12(15-10)8-6-18-9-4-2-1-3-7(9)17-8/h1-5,8H,6H2. The Labute approximate surface area is 126 Å². The Bertz CT molecular complexity index is 574. The van der Waals surface area contributed by atoms with E-state index in [1.165, 1.54) is 4.90 Å². The highest BCUT2D eigenvalue weighted by Gasteiger charge is 2.24. The molecule has 3 rings (SSSR count). The van der Waals surface area contributed by atoms with Crippen molar-refractivity contribution in [1.29, 1.82) is 0 Å². The average Bonchev–Trinajstić information content (AvgIpc) is 2.37. The predicted octanol–water partition coefficient (Wildman–Crippen LogP) is 4.23. The molecule has 1 aliphatic rings. The molecule has 0 saturated carbocycles. The van der Waals surface area contributed by atoms with Gasteiger partial charge >= 0.3 is 0 Å². The van der Waals surface area contributed by atoms with Gasteiger partial charge in [-0.15, -0.1) is 11.8 Å². The number of ether oxygens (including phenoxy) is 1. The average molecular weight is 388 g/mol. The Morgan fingerprint density at radius 3 is 2.67 bits per heavy atom. The molecule has 1 unspecified atom stereocenters. The molecule has 1 atom stereocenters. The van der Waals surface area contributed by atoms with E-state index in [9.17, 15) is 0 Å². The van der Waals surface area contributed by atoms with Gasteiger partial charge in [0.1, 0.15) is 15.0 Å². The Balaban J connectivity index is 1.91. The zero-order valence-electron chi connectivity index (χ0n) is 9.14. The second-order valence-electron chi connectivity index (χ2n) is 3.74. The molecule has 3 nitrogen and oxygen atoms in total. The van der Waals surface area contributed by atoms with Crippen molar-refractivity contribution in [3.63, 3.8) is 0 Å². The minimum Gasteiger partial charge on any atom is -0.480 e. The fourth-order valence-electron chi connectivity index (χ4n) is 1.70. The molecule has 1 aromatic heterocycles. The summed E-state index contributed by atoms with van der Waals surface area (Å²) < 4.78 is 7.45. The summed E-state index contributed by atoms with van der Waals surface area (Å²) in [6.45, 7) is 0. The smallest absolute Gasteiger partial charge is 0.172 e. The minimum atomic E-state index is -0.112. The maximum absolute atomic E-state index is 5.94. The van der Waals surface area contributed by atoms with E-state index < -0.39 is 0 Å². The van der Waals surface area contributed by atoms with E-state index in [-0.39, 0.29) is 6.10 Å². The topological polar surface area (TPSA) is 35.0 Å². The van der Waals surface area contributed by atoms with Gasteiger partial charge in [-0.1, -0.05) is 12.1 Å². The van der Waals surface area contributed by atoms with Crippen molar-refractivity contribution in [3.05, 3.63) is 45.4 Å². The van der Waals surface area contributed by atoms with Crippen LogP contribution in [0, 0.1) is 0 Å². The lowest BCUT2D eigenvalue weighted by Gasteiger charge is -2.24. The van der Waals surface area contributed by atoms with Crippen LogP contribution >= 0.6 is 43.6 Å². The third kappa shape index (κ3) is 2.55. The number of hydrogen-bond acceptors (Lipinski definition) is 4. The Hall–Kier alpha value is -0.590. The van der Waals surface area contributed by atoms with Gasteiger partial charge in [-0.05, 0) is 44.0 Å². The van der Waals surface area contributed by atoms with Crippen LogP contribution in [0.2, 0.25) is 0 Å². The molecule has 92 valence electrons. The summed E-state index contributed by atoms with van der Waals surface area (Å²) in [4.78, 5) is 9.90. The highest BCUT2D eigenvalue weighted by atomic mass is 79.9. The molecule has 1 aromatic carbocycles. The van der Waals surface area contributed by atoms with Crippen LogP contribution in [0.4, 0.5) is 0 Å². The van der Waals surface area contributed by atoms with E-state index in [2.05, 4.69) is 47.9 Å². The van der Waals surface area contributed by atoms with Gasteiger partial charge < -0.3 is 4.74 Å². The van der Waals surface area contributed by atoms with Gasteiger partial charge in [-0.25, -0.2) is 9.97 Å². The van der Waals surface area contributed by atoms with Crippen LogP contribution in [0.15, 0.2) is 44.4 Å². The van der Waals surface area contributed by atoms with Gasteiger partial charge in [0.15, 0.2) is 11.9 Å². The van der Waals surface area contributed by atoms with Crippen molar-refractivity contribution in [2.24, 2.45) is 0 Å². The van der Waals surface area contributed by atoms with E-state index in [1.807, 2.05) is 24.3 Å². The van der Waals surface area contributed by atoms with Crippen LogP contribution in [0.1, 0.15) is 11.9 Å². The van der Waals surface area contributed by atoms with Gasteiger partial charge in [0.2, 0.25) is 0 Å². The summed E-state index contributed by atoms with van der Waals surface area (Å²) in [5.41, 5.74) is 0. The van der Waals surface area contributed by atoms with Crippen LogP contribution in [-0.4, -0.2) is 15.7 Å². The highest BCUT2D eigenvalue weighted by Crippen LogP contribution is 2.39. The molecule has 0 N–H and O–H groups in total. The number of nitrogens with zero attached hydrogens (tertiary/aromatic N) is 2. The fourth-order valence-corrected chi connectivity index (χ4v) is 3.78. The lowest BCUT2D eigenvalue weighted by atomic mass is 10.3. The molecule has 0 bridgehead atoms. The molecule has 0 amide bonds. The number of hydrogen-bond donors (Lipinski definition) is 0. The number of fused-ring (bicyclic) bond motifs is 1. The first-order valence-electron chi connectivity index (χ1n) is 5.31. The summed E-state index contributed by atoms with van der Waals surface area (Å²) in [6, 6.07) is 9.84. The molecule has 0 fully saturated rings. The van der Waals surface area contributed by atoms with Crippen molar-refractivity contribution in [2.45, 2.75) is 11.0 Å². The summed E-state index contributed by atoms with van der Waals surface area (Å²) in [7, 11) is 0. The molecule has 0 saturated heterocycles. The maximum Gasteiger partial charge on any atom is 0.172 e. The number of benzene rings is 1. The van der Waals surface area contributed by atoms with Gasteiger partial charge in [0, 0.05) is 16.7 Å². The third-order valence-corrected chi connectivity index (χ3v) is 4.41. The molecular weight excluding hydrogens is 380 g/mol. The first-order valence-corrected chi connectivity index (χ1v) is 7.88. The van der Waals surface area contributed by atoms with Crippen molar-refractivity contribution in [1.82, 2.24) is 9.97 Å². The Morgan fingerprint density at radius 1 is 1.17 bits per heavy atom. The van der Waals surface area contributed by atoms with E-state index in [4.69, 9.17) is 4.74 Å². The van der Waals surface area contributed by atoms with Gasteiger partial charge in [0.05, 0.1) is 0 Å². The molecule has 18 heavy (non-hydrogen) atoms. The molecule has 2 aromatic rings. The van der Waals surface area contributed by atoms with Gasteiger partial charge in [-0.2, -0.15) is 0 Å². The first kappa shape index (κ1) is 12.4. The first-order chi connectivity index (χ1) is 8.72. The van der Waals surface area contributed by atoms with Crippen molar-refractivity contribution < 1.29 is 4.74 Å². The van der Waals surface area contributed by atoms with E-state index >= 15 is 0 Å². The minimum absolute atomic E-state index is 0.112. The summed E-state index contributed by atoms with van der Waals surface area (Å²) in [5, 5.41) is 0. The quantitative estimate of drug-likeness (QED) is 0.686. The Kier molecular flexibility index (Phi) is 3.59. The lowest BCUT2D eigenvalue weighted by molar-refractivity contribution is 0.210. The number of aromatic nitrogens is 2. The second-order valence-corrected chi connectivity index (χ2v) is 6.42. The van der Waals surface area contributed by atoms with Gasteiger partial charge in [0.25, 0.3) is 0 Å². The summed E-state index contributed by atoms with van der Waals surface area (Å²) in [6.07, 6.45) is -0.112. The van der Waals surface area contributed by atoms with Crippen LogP contribution in [0.3, 0.4) is 0 Å². The van der Waals surface area contributed by atoms with Crippen LogP contribution in [0.25, 0.3) is 0 Å². The molecule has 6 heteroatoms. The number of para-hydroxylation sites is 1. The van der Waals surface area contributed by atoms with E-state index in [0.717, 1.165) is 20.7 Å². The van der Waals surface area contributed by atoms with E-state index in [0.29, 0.717) is 5.82 Å². The van der Waals surface area contributed by atoms with Crippen molar-refractivity contribution >= 4 is 43.6 Å².